The Labute approximate surface area is 215 Å². The number of aromatic nitrogens is 1. The molecule has 34 heavy (non-hydrogen) atoms. The molecule has 0 spiro atoms. The zero-order valence-corrected chi connectivity index (χ0v) is 21.1. The molecule has 0 aliphatic rings. The van der Waals surface area contributed by atoms with Crippen molar-refractivity contribution in [2.45, 2.75) is 19.6 Å². The molecule has 0 aliphatic carbocycles. The van der Waals surface area contributed by atoms with E-state index in [9.17, 15) is 0 Å². The highest BCUT2D eigenvalue weighted by Crippen LogP contribution is 2.28. The molecular weight excluding hydrogens is 485 g/mol. The van der Waals surface area contributed by atoms with Crippen LogP contribution < -0.4 is 10.1 Å². The lowest BCUT2D eigenvalue weighted by Gasteiger charge is -2.27. The second-order valence-corrected chi connectivity index (χ2v) is 9.13. The van der Waals surface area contributed by atoms with Gasteiger partial charge in [-0.05, 0) is 59.7 Å². The first-order chi connectivity index (χ1) is 16.5. The minimum Gasteiger partial charge on any atom is -0.495 e. The lowest BCUT2D eigenvalue weighted by atomic mass is 10.2. The van der Waals surface area contributed by atoms with Crippen molar-refractivity contribution in [3.8, 4) is 5.75 Å². The summed E-state index contributed by atoms with van der Waals surface area (Å²) in [4.78, 5) is 2.14. The van der Waals surface area contributed by atoms with Gasteiger partial charge in [0, 0.05) is 41.1 Å². The van der Waals surface area contributed by atoms with Gasteiger partial charge in [-0.25, -0.2) is 0 Å². The zero-order chi connectivity index (χ0) is 23.9. The smallest absolute Gasteiger partial charge is 0.174 e. The van der Waals surface area contributed by atoms with Gasteiger partial charge >= 0.3 is 0 Å². The largest absolute Gasteiger partial charge is 0.495 e. The van der Waals surface area contributed by atoms with E-state index in [-0.39, 0.29) is 0 Å². The van der Waals surface area contributed by atoms with Crippen LogP contribution in [0.4, 0.5) is 5.69 Å². The molecule has 0 bridgehead atoms. The fraction of sp³-hybridized carbons (Fsp3) is 0.148. The molecule has 0 unspecified atom stereocenters. The van der Waals surface area contributed by atoms with E-state index in [1.807, 2.05) is 48.5 Å². The van der Waals surface area contributed by atoms with Crippen molar-refractivity contribution in [1.82, 2.24) is 9.47 Å². The predicted octanol–water partition coefficient (Wildman–Crippen LogP) is 7.25. The van der Waals surface area contributed by atoms with Gasteiger partial charge in [-0.3, -0.25) is 0 Å². The first-order valence-corrected chi connectivity index (χ1v) is 12.0. The number of nitrogens with zero attached hydrogens (tertiary/aromatic N) is 2. The maximum Gasteiger partial charge on any atom is 0.174 e. The first-order valence-electron chi connectivity index (χ1n) is 10.8. The number of methoxy groups -OCH3 is 1. The molecule has 0 saturated heterocycles. The quantitative estimate of drug-likeness (QED) is 0.253. The predicted molar refractivity (Wildman–Crippen MR) is 145 cm³/mol. The van der Waals surface area contributed by atoms with Crippen LogP contribution in [-0.4, -0.2) is 21.7 Å². The molecule has 174 valence electrons. The monoisotopic (exact) mass is 509 g/mol. The Bertz CT molecular complexity index is 1260. The maximum absolute atomic E-state index is 6.19. The molecule has 1 aromatic heterocycles. The average molecular weight is 510 g/mol. The highest BCUT2D eigenvalue weighted by atomic mass is 35.5. The van der Waals surface area contributed by atoms with Crippen LogP contribution >= 0.6 is 35.4 Å². The molecule has 0 fully saturated rings. The molecule has 0 atom stereocenters. The lowest BCUT2D eigenvalue weighted by Crippen LogP contribution is -2.34. The molecule has 4 aromatic rings. The van der Waals surface area contributed by atoms with Crippen LogP contribution in [0.1, 0.15) is 16.8 Å². The Morgan fingerprint density at radius 3 is 2.41 bits per heavy atom. The SMILES string of the molecule is COc1cc(Cl)ccc1NC(=S)N(Cc1ccccc1)Cc1cccn1Cc1cccc(Cl)c1. The number of anilines is 1. The summed E-state index contributed by atoms with van der Waals surface area (Å²) in [7, 11) is 1.62. The molecule has 4 rings (SSSR count). The van der Waals surface area contributed by atoms with Crippen LogP contribution in [0.2, 0.25) is 10.0 Å². The minimum absolute atomic E-state index is 0.597. The Kier molecular flexibility index (Phi) is 8.12. The summed E-state index contributed by atoms with van der Waals surface area (Å²) >= 11 is 18.2. The minimum atomic E-state index is 0.597. The van der Waals surface area contributed by atoms with Crippen molar-refractivity contribution in [2.75, 3.05) is 12.4 Å². The Balaban J connectivity index is 1.57. The van der Waals surface area contributed by atoms with E-state index in [0.29, 0.717) is 29.0 Å². The van der Waals surface area contributed by atoms with Crippen LogP contribution in [0, 0.1) is 0 Å². The van der Waals surface area contributed by atoms with Crippen molar-refractivity contribution in [3.63, 3.8) is 0 Å². The number of rotatable bonds is 8. The second kappa shape index (κ2) is 11.4. The molecule has 0 radical (unpaired) electrons. The average Bonchev–Trinajstić information content (AvgIpc) is 3.26. The summed E-state index contributed by atoms with van der Waals surface area (Å²) in [6.45, 7) is 2.02. The summed E-state index contributed by atoms with van der Waals surface area (Å²) < 4.78 is 7.70. The standard InChI is InChI=1S/C27H25Cl2N3OS/c1-33-26-16-23(29)12-13-25(26)30-27(34)32(17-20-7-3-2-4-8-20)19-24-11-6-14-31(24)18-21-9-5-10-22(28)15-21/h2-16H,17-19H2,1H3,(H,30,34). The number of halogens is 2. The lowest BCUT2D eigenvalue weighted by molar-refractivity contribution is 0.398. The molecule has 0 amide bonds. The molecule has 7 heteroatoms. The van der Waals surface area contributed by atoms with E-state index < -0.39 is 0 Å². The van der Waals surface area contributed by atoms with Gasteiger partial charge in [0.2, 0.25) is 0 Å². The molecule has 0 aliphatic heterocycles. The third-order valence-electron chi connectivity index (χ3n) is 5.43. The van der Waals surface area contributed by atoms with Crippen molar-refractivity contribution in [1.29, 1.82) is 0 Å². The van der Waals surface area contributed by atoms with Crippen LogP contribution in [0.3, 0.4) is 0 Å². The Hall–Kier alpha value is -2.99. The molecule has 3 aromatic carbocycles. The van der Waals surface area contributed by atoms with Gasteiger partial charge in [0.25, 0.3) is 0 Å². The molecular formula is C27H25Cl2N3OS. The van der Waals surface area contributed by atoms with E-state index in [0.717, 1.165) is 28.5 Å². The maximum atomic E-state index is 6.19. The third-order valence-corrected chi connectivity index (χ3v) is 6.26. The van der Waals surface area contributed by atoms with Gasteiger partial charge in [0.1, 0.15) is 5.75 Å². The number of ether oxygens (including phenoxy) is 1. The number of benzene rings is 3. The third kappa shape index (κ3) is 6.32. The van der Waals surface area contributed by atoms with Gasteiger partial charge in [0.15, 0.2) is 5.11 Å². The van der Waals surface area contributed by atoms with Crippen molar-refractivity contribution in [2.24, 2.45) is 0 Å². The number of hydrogen-bond acceptors (Lipinski definition) is 2. The molecule has 1 N–H and O–H groups in total. The van der Waals surface area contributed by atoms with Crippen LogP contribution in [0.15, 0.2) is 91.1 Å². The van der Waals surface area contributed by atoms with E-state index >= 15 is 0 Å². The molecule has 0 saturated carbocycles. The first kappa shape index (κ1) is 24.1. The summed E-state index contributed by atoms with van der Waals surface area (Å²) in [6.07, 6.45) is 2.08. The van der Waals surface area contributed by atoms with E-state index in [1.54, 1.807) is 13.2 Å². The number of nitrogens with one attached hydrogen (secondary N) is 1. The van der Waals surface area contributed by atoms with E-state index in [1.165, 1.54) is 5.56 Å². The van der Waals surface area contributed by atoms with Crippen molar-refractivity contribution in [3.05, 3.63) is 118 Å². The Morgan fingerprint density at radius 2 is 1.65 bits per heavy atom. The summed E-state index contributed by atoms with van der Waals surface area (Å²) in [6, 6.07) is 27.8. The van der Waals surface area contributed by atoms with E-state index in [4.69, 9.17) is 40.2 Å². The van der Waals surface area contributed by atoms with Crippen molar-refractivity contribution < 1.29 is 4.74 Å². The van der Waals surface area contributed by atoms with Gasteiger partial charge in [-0.2, -0.15) is 0 Å². The van der Waals surface area contributed by atoms with Gasteiger partial charge in [0.05, 0.1) is 19.3 Å². The summed E-state index contributed by atoms with van der Waals surface area (Å²) in [5.41, 5.74) is 4.22. The number of thiocarbonyl (C=S) groups is 1. The van der Waals surface area contributed by atoms with Crippen LogP contribution in [-0.2, 0) is 19.6 Å². The highest BCUT2D eigenvalue weighted by molar-refractivity contribution is 7.80. The summed E-state index contributed by atoms with van der Waals surface area (Å²) in [5.74, 6) is 0.638. The topological polar surface area (TPSA) is 29.4 Å². The highest BCUT2D eigenvalue weighted by Gasteiger charge is 2.16. The summed E-state index contributed by atoms with van der Waals surface area (Å²) in [5, 5.41) is 5.28. The fourth-order valence-corrected chi connectivity index (χ4v) is 4.35. The normalized spacial score (nSPS) is 10.7. The van der Waals surface area contributed by atoms with E-state index in [2.05, 4.69) is 51.3 Å². The Morgan fingerprint density at radius 1 is 0.882 bits per heavy atom. The molecule has 1 heterocycles. The number of hydrogen-bond donors (Lipinski definition) is 1. The fourth-order valence-electron chi connectivity index (χ4n) is 3.74. The van der Waals surface area contributed by atoms with Gasteiger partial charge in [-0.1, -0.05) is 65.7 Å². The zero-order valence-electron chi connectivity index (χ0n) is 18.7. The van der Waals surface area contributed by atoms with Gasteiger partial charge < -0.3 is 19.5 Å². The van der Waals surface area contributed by atoms with Crippen molar-refractivity contribution >= 4 is 46.2 Å². The van der Waals surface area contributed by atoms with Crippen LogP contribution in [0.5, 0.6) is 5.75 Å². The van der Waals surface area contributed by atoms with Crippen LogP contribution in [0.25, 0.3) is 0 Å². The second-order valence-electron chi connectivity index (χ2n) is 7.87. The molecule has 4 nitrogen and oxygen atoms in total. The van der Waals surface area contributed by atoms with Gasteiger partial charge in [-0.15, -0.1) is 0 Å².